The lowest BCUT2D eigenvalue weighted by Crippen LogP contribution is -2.32. The van der Waals surface area contributed by atoms with Crippen molar-refractivity contribution in [3.8, 4) is 0 Å². The molecule has 0 atom stereocenters. The van der Waals surface area contributed by atoms with Gasteiger partial charge < -0.3 is 10.6 Å². The third-order valence-corrected chi connectivity index (χ3v) is 3.41. The molecule has 0 saturated heterocycles. The average Bonchev–Trinajstić information content (AvgIpc) is 2.47. The summed E-state index contributed by atoms with van der Waals surface area (Å²) in [5, 5.41) is 6.30. The number of anilines is 1. The van der Waals surface area contributed by atoms with Crippen LogP contribution in [0, 0.1) is 0 Å². The maximum Gasteiger partial charge on any atom is 0.251 e. The number of hydrogen-bond acceptors (Lipinski definition) is 2. The summed E-state index contributed by atoms with van der Waals surface area (Å²) in [5.74, 6) is 0.0320. The summed E-state index contributed by atoms with van der Waals surface area (Å²) in [6, 6.07) is 16.1. The third kappa shape index (κ3) is 2.45. The van der Waals surface area contributed by atoms with Crippen molar-refractivity contribution in [1.29, 1.82) is 0 Å². The van der Waals surface area contributed by atoms with E-state index in [-0.39, 0.29) is 5.91 Å². The van der Waals surface area contributed by atoms with Crippen molar-refractivity contribution in [2.75, 3.05) is 11.9 Å². The molecule has 1 heterocycles. The molecule has 0 aromatic heterocycles. The minimum absolute atomic E-state index is 0.0320. The summed E-state index contributed by atoms with van der Waals surface area (Å²) >= 11 is 0. The van der Waals surface area contributed by atoms with Crippen molar-refractivity contribution >= 4 is 11.6 Å². The maximum atomic E-state index is 11.8. The fourth-order valence-corrected chi connectivity index (χ4v) is 2.42. The van der Waals surface area contributed by atoms with Crippen LogP contribution in [0.5, 0.6) is 0 Å². The Morgan fingerprint density at radius 3 is 2.74 bits per heavy atom. The molecule has 2 aromatic rings. The van der Waals surface area contributed by atoms with Crippen LogP contribution in [0.15, 0.2) is 48.5 Å². The van der Waals surface area contributed by atoms with Gasteiger partial charge in [-0.3, -0.25) is 4.79 Å². The summed E-state index contributed by atoms with van der Waals surface area (Å²) in [6.45, 7) is 1.49. The summed E-state index contributed by atoms with van der Waals surface area (Å²) in [7, 11) is 0. The average molecular weight is 252 g/mol. The SMILES string of the molecule is O=C1NCCc2c(NCc3ccccc3)cccc21. The van der Waals surface area contributed by atoms with E-state index < -0.39 is 0 Å². The number of rotatable bonds is 3. The fourth-order valence-electron chi connectivity index (χ4n) is 2.42. The molecule has 0 unspecified atom stereocenters. The van der Waals surface area contributed by atoms with E-state index in [2.05, 4.69) is 22.8 Å². The van der Waals surface area contributed by atoms with Gasteiger partial charge in [0.15, 0.2) is 0 Å². The van der Waals surface area contributed by atoms with Crippen LogP contribution in [0.3, 0.4) is 0 Å². The maximum absolute atomic E-state index is 11.8. The molecule has 19 heavy (non-hydrogen) atoms. The summed E-state index contributed by atoms with van der Waals surface area (Å²) in [6.07, 6.45) is 0.888. The number of carbonyl (C=O) groups excluding carboxylic acids is 1. The van der Waals surface area contributed by atoms with Crippen LogP contribution in [0.25, 0.3) is 0 Å². The lowest BCUT2D eigenvalue weighted by Gasteiger charge is -2.20. The van der Waals surface area contributed by atoms with E-state index in [9.17, 15) is 4.79 Å². The Morgan fingerprint density at radius 1 is 1.05 bits per heavy atom. The van der Waals surface area contributed by atoms with Gasteiger partial charge in [0.2, 0.25) is 0 Å². The standard InChI is InChI=1S/C16H16N2O/c19-16-14-7-4-8-15(13(14)9-10-17-16)18-11-12-5-2-1-3-6-12/h1-8,18H,9-11H2,(H,17,19). The highest BCUT2D eigenvalue weighted by Gasteiger charge is 2.18. The number of benzene rings is 2. The number of nitrogens with one attached hydrogen (secondary N) is 2. The Kier molecular flexibility index (Phi) is 3.19. The molecule has 96 valence electrons. The van der Waals surface area contributed by atoms with Gasteiger partial charge in [0.25, 0.3) is 5.91 Å². The Bertz CT molecular complexity index is 593. The van der Waals surface area contributed by atoms with Gasteiger partial charge in [-0.1, -0.05) is 36.4 Å². The number of amides is 1. The fraction of sp³-hybridized carbons (Fsp3) is 0.188. The summed E-state index contributed by atoms with van der Waals surface area (Å²) in [4.78, 5) is 11.8. The Hall–Kier alpha value is -2.29. The van der Waals surface area contributed by atoms with Crippen molar-refractivity contribution in [3.63, 3.8) is 0 Å². The second-order valence-corrected chi connectivity index (χ2v) is 4.68. The van der Waals surface area contributed by atoms with E-state index in [1.54, 1.807) is 0 Å². The van der Waals surface area contributed by atoms with E-state index in [0.29, 0.717) is 0 Å². The monoisotopic (exact) mass is 252 g/mol. The smallest absolute Gasteiger partial charge is 0.251 e. The lowest BCUT2D eigenvalue weighted by atomic mass is 9.98. The van der Waals surface area contributed by atoms with Crippen LogP contribution in [0.4, 0.5) is 5.69 Å². The van der Waals surface area contributed by atoms with E-state index in [1.165, 1.54) is 5.56 Å². The van der Waals surface area contributed by atoms with E-state index >= 15 is 0 Å². The van der Waals surface area contributed by atoms with Gasteiger partial charge in [-0.25, -0.2) is 0 Å². The molecule has 0 radical (unpaired) electrons. The van der Waals surface area contributed by atoms with Gasteiger partial charge in [0, 0.05) is 24.3 Å². The second kappa shape index (κ2) is 5.14. The summed E-state index contributed by atoms with van der Waals surface area (Å²) < 4.78 is 0. The normalized spacial score (nSPS) is 13.6. The second-order valence-electron chi connectivity index (χ2n) is 4.68. The predicted molar refractivity (Wildman–Crippen MR) is 76.2 cm³/mol. The van der Waals surface area contributed by atoms with E-state index in [0.717, 1.165) is 36.3 Å². The van der Waals surface area contributed by atoms with Crippen molar-refractivity contribution < 1.29 is 4.79 Å². The van der Waals surface area contributed by atoms with Gasteiger partial charge in [-0.15, -0.1) is 0 Å². The molecule has 3 heteroatoms. The van der Waals surface area contributed by atoms with Crippen LogP contribution >= 0.6 is 0 Å². The van der Waals surface area contributed by atoms with Crippen molar-refractivity contribution in [2.24, 2.45) is 0 Å². The van der Waals surface area contributed by atoms with E-state index in [4.69, 9.17) is 0 Å². The number of fused-ring (bicyclic) bond motifs is 1. The number of carbonyl (C=O) groups is 1. The molecule has 3 nitrogen and oxygen atoms in total. The molecule has 1 amide bonds. The first-order valence-electron chi connectivity index (χ1n) is 6.52. The van der Waals surface area contributed by atoms with Crippen LogP contribution in [0.1, 0.15) is 21.5 Å². The lowest BCUT2D eigenvalue weighted by molar-refractivity contribution is 0.0946. The Morgan fingerprint density at radius 2 is 1.89 bits per heavy atom. The Balaban J connectivity index is 1.82. The van der Waals surface area contributed by atoms with Crippen LogP contribution in [-0.2, 0) is 13.0 Å². The molecule has 3 rings (SSSR count). The molecular weight excluding hydrogens is 236 g/mol. The highest BCUT2D eigenvalue weighted by atomic mass is 16.1. The molecule has 0 fully saturated rings. The highest BCUT2D eigenvalue weighted by Crippen LogP contribution is 2.23. The van der Waals surface area contributed by atoms with E-state index in [1.807, 2.05) is 36.4 Å². The first-order chi connectivity index (χ1) is 9.34. The molecular formula is C16H16N2O. The molecule has 0 bridgehead atoms. The first-order valence-corrected chi connectivity index (χ1v) is 6.52. The summed E-state index contributed by atoms with van der Waals surface area (Å²) in [5.41, 5.74) is 4.23. The van der Waals surface area contributed by atoms with Gasteiger partial charge in [-0.05, 0) is 29.7 Å². The van der Waals surface area contributed by atoms with Gasteiger partial charge >= 0.3 is 0 Å². The van der Waals surface area contributed by atoms with Crippen LogP contribution < -0.4 is 10.6 Å². The minimum Gasteiger partial charge on any atom is -0.381 e. The van der Waals surface area contributed by atoms with Gasteiger partial charge in [-0.2, -0.15) is 0 Å². The van der Waals surface area contributed by atoms with Crippen molar-refractivity contribution in [1.82, 2.24) is 5.32 Å². The zero-order valence-electron chi connectivity index (χ0n) is 10.6. The highest BCUT2D eigenvalue weighted by molar-refractivity contribution is 5.98. The quantitative estimate of drug-likeness (QED) is 0.881. The first kappa shape index (κ1) is 11.8. The van der Waals surface area contributed by atoms with Crippen molar-refractivity contribution in [3.05, 3.63) is 65.2 Å². The molecule has 0 aliphatic carbocycles. The molecule has 0 saturated carbocycles. The minimum atomic E-state index is 0.0320. The Labute approximate surface area is 112 Å². The van der Waals surface area contributed by atoms with Crippen LogP contribution in [0.2, 0.25) is 0 Å². The number of hydrogen-bond donors (Lipinski definition) is 2. The molecule has 2 aromatic carbocycles. The largest absolute Gasteiger partial charge is 0.381 e. The predicted octanol–water partition coefficient (Wildman–Crippen LogP) is 2.58. The molecule has 1 aliphatic heterocycles. The van der Waals surface area contributed by atoms with Crippen LogP contribution in [-0.4, -0.2) is 12.5 Å². The third-order valence-electron chi connectivity index (χ3n) is 3.41. The zero-order chi connectivity index (χ0) is 13.1. The molecule has 1 aliphatic rings. The topological polar surface area (TPSA) is 41.1 Å². The zero-order valence-corrected chi connectivity index (χ0v) is 10.6. The van der Waals surface area contributed by atoms with Crippen molar-refractivity contribution in [2.45, 2.75) is 13.0 Å². The van der Waals surface area contributed by atoms with Gasteiger partial charge in [0.1, 0.15) is 0 Å². The molecule has 0 spiro atoms. The molecule has 2 N–H and O–H groups in total. The van der Waals surface area contributed by atoms with Gasteiger partial charge in [0.05, 0.1) is 0 Å².